The van der Waals surface area contributed by atoms with Gasteiger partial charge in [-0.15, -0.1) is 0 Å². The molecule has 2 N–H and O–H groups in total. The van der Waals surface area contributed by atoms with Gasteiger partial charge in [-0.05, 0) is 35.6 Å². The minimum Gasteiger partial charge on any atom is -0.383 e. The first-order valence-electron chi connectivity index (χ1n) is 11.2. The molecule has 33 heavy (non-hydrogen) atoms. The van der Waals surface area contributed by atoms with Crippen molar-refractivity contribution in [2.24, 2.45) is 5.73 Å². The molecule has 2 aromatic carbocycles. The van der Waals surface area contributed by atoms with Gasteiger partial charge in [0.15, 0.2) is 5.78 Å². The Hall–Kier alpha value is -3.11. The Kier molecular flexibility index (Phi) is 5.94. The molecule has 2 aliphatic heterocycles. The van der Waals surface area contributed by atoms with E-state index < -0.39 is 5.92 Å². The van der Waals surface area contributed by atoms with Crippen LogP contribution in [0.2, 0.25) is 5.02 Å². The lowest BCUT2D eigenvalue weighted by Gasteiger charge is -2.47. The average molecular weight is 461 g/mol. The van der Waals surface area contributed by atoms with E-state index in [9.17, 15) is 10.1 Å². The first-order valence-corrected chi connectivity index (χ1v) is 11.6. The van der Waals surface area contributed by atoms with Crippen molar-refractivity contribution >= 4 is 17.4 Å². The molecule has 7 heteroatoms. The number of halogens is 1. The van der Waals surface area contributed by atoms with E-state index in [-0.39, 0.29) is 11.7 Å². The molecule has 5 rings (SSSR count). The number of Topliss-reactive ketones (excluding diaryl/α,β-unsaturated/α-hetero) is 1. The Morgan fingerprint density at radius 2 is 1.76 bits per heavy atom. The third kappa shape index (κ3) is 3.93. The number of allylic oxidation sites excluding steroid dienone is 3. The highest BCUT2D eigenvalue weighted by atomic mass is 35.5. The van der Waals surface area contributed by atoms with Gasteiger partial charge in [-0.2, -0.15) is 5.26 Å². The molecule has 0 bridgehead atoms. The number of hydrogen-bond donors (Lipinski definition) is 1. The number of morpholine rings is 1. The summed E-state index contributed by atoms with van der Waals surface area (Å²) in [7, 11) is 0. The average Bonchev–Trinajstić information content (AvgIpc) is 2.84. The van der Waals surface area contributed by atoms with Gasteiger partial charge in [0.1, 0.15) is 5.82 Å². The third-order valence-corrected chi connectivity index (χ3v) is 6.90. The molecule has 2 aromatic rings. The lowest BCUT2D eigenvalue weighted by atomic mass is 9.72. The standard InChI is InChI=1S/C26H25ClN4O2/c27-20-8-4-7-18(13-20)24-21(16-28)26(29)31(30-9-11-33-12-10-30)22-14-19(15-23(32)25(22)24)17-5-2-1-3-6-17/h1-8,13,19,24H,9-12,14-15,29H2/t19-,24+/m1/s1. The fourth-order valence-electron chi connectivity index (χ4n) is 5.17. The summed E-state index contributed by atoms with van der Waals surface area (Å²) in [5, 5.41) is 14.7. The molecule has 2 atom stereocenters. The molecule has 1 aliphatic carbocycles. The van der Waals surface area contributed by atoms with Gasteiger partial charge in [0.2, 0.25) is 0 Å². The smallest absolute Gasteiger partial charge is 0.162 e. The highest BCUT2D eigenvalue weighted by molar-refractivity contribution is 6.30. The van der Waals surface area contributed by atoms with Gasteiger partial charge in [0, 0.05) is 35.8 Å². The van der Waals surface area contributed by atoms with Crippen LogP contribution in [0.1, 0.15) is 35.8 Å². The van der Waals surface area contributed by atoms with Gasteiger partial charge in [-0.25, -0.2) is 5.01 Å². The Bertz CT molecular complexity index is 1180. The molecule has 0 aromatic heterocycles. The zero-order valence-corrected chi connectivity index (χ0v) is 19.0. The maximum Gasteiger partial charge on any atom is 0.162 e. The highest BCUT2D eigenvalue weighted by Crippen LogP contribution is 2.48. The summed E-state index contributed by atoms with van der Waals surface area (Å²) in [5.74, 6) is -0.0409. The molecule has 1 fully saturated rings. The number of benzene rings is 2. The van der Waals surface area contributed by atoms with Crippen molar-refractivity contribution in [2.45, 2.75) is 24.7 Å². The van der Waals surface area contributed by atoms with E-state index in [0.29, 0.717) is 61.1 Å². The van der Waals surface area contributed by atoms with E-state index >= 15 is 0 Å². The monoisotopic (exact) mass is 460 g/mol. The van der Waals surface area contributed by atoms with Crippen molar-refractivity contribution < 1.29 is 9.53 Å². The zero-order chi connectivity index (χ0) is 22.9. The largest absolute Gasteiger partial charge is 0.383 e. The summed E-state index contributed by atoms with van der Waals surface area (Å²) in [4.78, 5) is 13.7. The SMILES string of the molecule is N#CC1=C(N)N(N2CCOCC2)C2=C(C(=O)C[C@H](c3ccccc3)C2)[C@H]1c1cccc(Cl)c1. The summed E-state index contributed by atoms with van der Waals surface area (Å²) in [6.07, 6.45) is 1.06. The highest BCUT2D eigenvalue weighted by Gasteiger charge is 2.44. The Labute approximate surface area is 198 Å². The normalized spacial score (nSPS) is 24.0. The van der Waals surface area contributed by atoms with Gasteiger partial charge in [-0.3, -0.25) is 9.80 Å². The molecule has 0 spiro atoms. The number of rotatable bonds is 3. The molecule has 0 unspecified atom stereocenters. The van der Waals surface area contributed by atoms with Crippen LogP contribution in [0.25, 0.3) is 0 Å². The molecule has 1 saturated heterocycles. The second-order valence-corrected chi connectivity index (χ2v) is 9.01. The number of ketones is 1. The molecule has 0 saturated carbocycles. The van der Waals surface area contributed by atoms with Crippen molar-refractivity contribution in [3.63, 3.8) is 0 Å². The number of hydrazine groups is 1. The van der Waals surface area contributed by atoms with E-state index in [2.05, 4.69) is 23.2 Å². The van der Waals surface area contributed by atoms with Crippen molar-refractivity contribution in [1.29, 1.82) is 5.26 Å². The van der Waals surface area contributed by atoms with Crippen molar-refractivity contribution in [2.75, 3.05) is 26.3 Å². The van der Waals surface area contributed by atoms with Crippen LogP contribution in [0, 0.1) is 11.3 Å². The summed E-state index contributed by atoms with van der Waals surface area (Å²) < 4.78 is 5.54. The van der Waals surface area contributed by atoms with Gasteiger partial charge in [0.05, 0.1) is 30.8 Å². The first kappa shape index (κ1) is 21.7. The minimum absolute atomic E-state index is 0.0496. The molecular formula is C26H25ClN4O2. The predicted octanol–water partition coefficient (Wildman–Crippen LogP) is 4.08. The minimum atomic E-state index is -0.523. The Morgan fingerprint density at radius 1 is 1.03 bits per heavy atom. The third-order valence-electron chi connectivity index (χ3n) is 6.66. The van der Waals surface area contributed by atoms with Crippen molar-refractivity contribution in [3.05, 3.63) is 93.4 Å². The summed E-state index contributed by atoms with van der Waals surface area (Å²) >= 11 is 6.29. The molecule has 6 nitrogen and oxygen atoms in total. The van der Waals surface area contributed by atoms with E-state index in [1.807, 2.05) is 41.4 Å². The zero-order valence-electron chi connectivity index (χ0n) is 18.2. The summed E-state index contributed by atoms with van der Waals surface area (Å²) in [6, 6.07) is 19.8. The van der Waals surface area contributed by atoms with E-state index in [0.717, 1.165) is 16.8 Å². The van der Waals surface area contributed by atoms with E-state index in [1.54, 1.807) is 6.07 Å². The maximum absolute atomic E-state index is 13.7. The van der Waals surface area contributed by atoms with Crippen LogP contribution in [0.5, 0.6) is 0 Å². The lowest BCUT2D eigenvalue weighted by Crippen LogP contribution is -2.52. The quantitative estimate of drug-likeness (QED) is 0.743. The van der Waals surface area contributed by atoms with E-state index in [4.69, 9.17) is 22.1 Å². The van der Waals surface area contributed by atoms with Crippen LogP contribution < -0.4 is 5.73 Å². The van der Waals surface area contributed by atoms with Crippen LogP contribution in [0.4, 0.5) is 0 Å². The Morgan fingerprint density at radius 3 is 2.45 bits per heavy atom. The summed E-state index contributed by atoms with van der Waals surface area (Å²) in [6.45, 7) is 2.43. The van der Waals surface area contributed by atoms with Crippen molar-refractivity contribution in [3.8, 4) is 6.07 Å². The van der Waals surface area contributed by atoms with Crippen molar-refractivity contribution in [1.82, 2.24) is 10.0 Å². The number of nitriles is 1. The number of carbonyl (C=O) groups excluding carboxylic acids is 1. The predicted molar refractivity (Wildman–Crippen MR) is 126 cm³/mol. The second kappa shape index (κ2) is 9.03. The van der Waals surface area contributed by atoms with E-state index in [1.165, 1.54) is 0 Å². The van der Waals surface area contributed by atoms with Crippen LogP contribution in [-0.2, 0) is 9.53 Å². The maximum atomic E-state index is 13.7. The first-order chi connectivity index (χ1) is 16.1. The fourth-order valence-corrected chi connectivity index (χ4v) is 5.37. The molecule has 0 amide bonds. The second-order valence-electron chi connectivity index (χ2n) is 8.58. The van der Waals surface area contributed by atoms with Gasteiger partial charge < -0.3 is 10.5 Å². The van der Waals surface area contributed by atoms with Crippen LogP contribution in [-0.4, -0.2) is 42.1 Å². The molecule has 3 aliphatic rings. The van der Waals surface area contributed by atoms with Gasteiger partial charge >= 0.3 is 0 Å². The summed E-state index contributed by atoms with van der Waals surface area (Å²) in [5.41, 5.74) is 10.5. The molecule has 2 heterocycles. The number of ether oxygens (including phenoxy) is 1. The fraction of sp³-hybridized carbons (Fsp3) is 0.308. The number of nitrogens with two attached hydrogens (primary N) is 1. The number of hydrogen-bond acceptors (Lipinski definition) is 6. The van der Waals surface area contributed by atoms with Crippen LogP contribution in [0.3, 0.4) is 0 Å². The van der Waals surface area contributed by atoms with Gasteiger partial charge in [0.25, 0.3) is 0 Å². The van der Waals surface area contributed by atoms with Gasteiger partial charge in [-0.1, -0.05) is 54.1 Å². The lowest BCUT2D eigenvalue weighted by molar-refractivity contribution is -0.117. The Balaban J connectivity index is 1.67. The topological polar surface area (TPSA) is 82.6 Å². The number of carbonyl (C=O) groups is 1. The number of nitrogens with zero attached hydrogens (tertiary/aromatic N) is 3. The van der Waals surface area contributed by atoms with Crippen LogP contribution >= 0.6 is 11.6 Å². The molecule has 168 valence electrons. The molecular weight excluding hydrogens is 436 g/mol. The molecule has 0 radical (unpaired) electrons. The van der Waals surface area contributed by atoms with Crippen LogP contribution in [0.15, 0.2) is 77.3 Å².